The molecule has 2 aromatic carbocycles. The normalized spacial score (nSPS) is 19.5. The topological polar surface area (TPSA) is 101 Å². The molecule has 202 valence electrons. The summed E-state index contributed by atoms with van der Waals surface area (Å²) in [6, 6.07) is 16.3. The highest BCUT2D eigenvalue weighted by atomic mass is 16.7. The van der Waals surface area contributed by atoms with Gasteiger partial charge in [-0.2, -0.15) is 0 Å². The Kier molecular flexibility index (Phi) is 6.49. The molecule has 0 amide bonds. The third kappa shape index (κ3) is 4.79. The first kappa shape index (κ1) is 24.3. The maximum atomic E-state index is 13.7. The van der Waals surface area contributed by atoms with Crippen LogP contribution in [0.2, 0.25) is 0 Å². The lowest BCUT2D eigenvalue weighted by atomic mass is 9.95. The van der Waals surface area contributed by atoms with Gasteiger partial charge in [0, 0.05) is 49.7 Å². The van der Waals surface area contributed by atoms with Gasteiger partial charge in [0.25, 0.3) is 5.56 Å². The van der Waals surface area contributed by atoms with Gasteiger partial charge in [-0.15, -0.1) is 5.10 Å². The smallest absolute Gasteiger partial charge is 0.253 e. The van der Waals surface area contributed by atoms with E-state index in [-0.39, 0.29) is 24.4 Å². The van der Waals surface area contributed by atoms with Crippen LogP contribution in [-0.2, 0) is 6.54 Å². The molecule has 1 atom stereocenters. The summed E-state index contributed by atoms with van der Waals surface area (Å²) in [5, 5.41) is 14.0. The summed E-state index contributed by atoms with van der Waals surface area (Å²) in [7, 11) is 0. The standard InChI is InChI=1S/C29H33N7O3/c37-29-23(15-21-16-25-26(39-19-38-25)17-24(21)30-29)27(28-31-32-33-36(28)22-9-5-2-6-10-22)35-13-11-34(12-14-35)18-20-7-3-1-4-8-20/h1,3-4,7-8,15-17,22,27H,2,5-6,9-14,18-19H2,(H,30,37)/t27-/m1/s1. The van der Waals surface area contributed by atoms with Crippen molar-refractivity contribution in [1.29, 1.82) is 0 Å². The molecule has 10 heteroatoms. The predicted molar refractivity (Wildman–Crippen MR) is 146 cm³/mol. The van der Waals surface area contributed by atoms with Gasteiger partial charge in [0.2, 0.25) is 6.79 Å². The van der Waals surface area contributed by atoms with Crippen molar-refractivity contribution in [2.75, 3.05) is 33.0 Å². The summed E-state index contributed by atoms with van der Waals surface area (Å²) in [6.07, 6.45) is 5.73. The van der Waals surface area contributed by atoms with Crippen LogP contribution >= 0.6 is 0 Å². The zero-order chi connectivity index (χ0) is 26.2. The van der Waals surface area contributed by atoms with Crippen LogP contribution in [0.4, 0.5) is 0 Å². The van der Waals surface area contributed by atoms with Gasteiger partial charge in [-0.25, -0.2) is 4.68 Å². The number of nitrogens with zero attached hydrogens (tertiary/aromatic N) is 6. The molecule has 2 aliphatic heterocycles. The van der Waals surface area contributed by atoms with Crippen molar-refractivity contribution >= 4 is 10.9 Å². The molecule has 39 heavy (non-hydrogen) atoms. The maximum absolute atomic E-state index is 13.7. The third-order valence-corrected chi connectivity index (χ3v) is 8.37. The number of benzene rings is 2. The monoisotopic (exact) mass is 527 g/mol. The Balaban J connectivity index is 1.24. The van der Waals surface area contributed by atoms with Crippen LogP contribution in [-0.4, -0.2) is 68.0 Å². The molecule has 1 saturated carbocycles. The van der Waals surface area contributed by atoms with E-state index >= 15 is 0 Å². The summed E-state index contributed by atoms with van der Waals surface area (Å²) >= 11 is 0. The average Bonchev–Trinajstić information content (AvgIpc) is 3.64. The van der Waals surface area contributed by atoms with Crippen molar-refractivity contribution in [2.45, 2.75) is 50.7 Å². The number of pyridine rings is 1. The van der Waals surface area contributed by atoms with Crippen LogP contribution in [0.5, 0.6) is 11.5 Å². The molecular formula is C29H33N7O3. The molecule has 4 heterocycles. The molecule has 1 aliphatic carbocycles. The van der Waals surface area contributed by atoms with Crippen molar-refractivity contribution in [3.05, 3.63) is 75.8 Å². The highest BCUT2D eigenvalue weighted by molar-refractivity contribution is 5.83. The van der Waals surface area contributed by atoms with E-state index in [1.807, 2.05) is 22.9 Å². The van der Waals surface area contributed by atoms with Crippen LogP contribution in [0.25, 0.3) is 10.9 Å². The molecular weight excluding hydrogens is 494 g/mol. The summed E-state index contributed by atoms with van der Waals surface area (Å²) in [4.78, 5) is 21.6. The van der Waals surface area contributed by atoms with Crippen molar-refractivity contribution in [1.82, 2.24) is 35.0 Å². The molecule has 4 aromatic rings. The molecule has 0 bridgehead atoms. The van der Waals surface area contributed by atoms with E-state index < -0.39 is 0 Å². The number of tetrazole rings is 1. The molecule has 10 nitrogen and oxygen atoms in total. The highest BCUT2D eigenvalue weighted by Crippen LogP contribution is 2.37. The quantitative estimate of drug-likeness (QED) is 0.406. The van der Waals surface area contributed by atoms with Crippen molar-refractivity contribution in [3.63, 3.8) is 0 Å². The fraction of sp³-hybridized carbons (Fsp3) is 0.448. The van der Waals surface area contributed by atoms with Gasteiger partial charge in [0.15, 0.2) is 17.3 Å². The molecule has 0 unspecified atom stereocenters. The van der Waals surface area contributed by atoms with E-state index in [4.69, 9.17) is 9.47 Å². The third-order valence-electron chi connectivity index (χ3n) is 8.37. The Bertz CT molecular complexity index is 1500. The molecule has 1 saturated heterocycles. The number of rotatable bonds is 6. The van der Waals surface area contributed by atoms with Gasteiger partial charge in [-0.1, -0.05) is 49.6 Å². The number of H-pyrrole nitrogens is 1. The van der Waals surface area contributed by atoms with Crippen molar-refractivity contribution in [3.8, 4) is 11.5 Å². The highest BCUT2D eigenvalue weighted by Gasteiger charge is 2.34. The minimum atomic E-state index is -0.348. The van der Waals surface area contributed by atoms with E-state index in [2.05, 4.69) is 60.6 Å². The van der Waals surface area contributed by atoms with E-state index in [1.165, 1.54) is 24.8 Å². The summed E-state index contributed by atoms with van der Waals surface area (Å²) in [5.74, 6) is 2.10. The number of nitrogens with one attached hydrogen (secondary N) is 1. The zero-order valence-electron chi connectivity index (χ0n) is 22.0. The van der Waals surface area contributed by atoms with E-state index in [0.29, 0.717) is 17.1 Å². The van der Waals surface area contributed by atoms with Crippen molar-refractivity contribution < 1.29 is 9.47 Å². The van der Waals surface area contributed by atoms with E-state index in [9.17, 15) is 4.79 Å². The van der Waals surface area contributed by atoms with Crippen LogP contribution in [0.3, 0.4) is 0 Å². The zero-order valence-corrected chi connectivity index (χ0v) is 22.0. The molecule has 2 fully saturated rings. The number of aromatic nitrogens is 5. The molecule has 7 rings (SSSR count). The molecule has 2 aromatic heterocycles. The number of ether oxygens (including phenoxy) is 2. The first-order valence-corrected chi connectivity index (χ1v) is 14.0. The Hall–Kier alpha value is -3.76. The van der Waals surface area contributed by atoms with E-state index in [0.717, 1.165) is 62.3 Å². The molecule has 0 radical (unpaired) electrons. The van der Waals surface area contributed by atoms with Crippen LogP contribution < -0.4 is 15.0 Å². The van der Waals surface area contributed by atoms with Gasteiger partial charge in [0.1, 0.15) is 6.04 Å². The predicted octanol–water partition coefficient (Wildman–Crippen LogP) is 3.66. The molecule has 0 spiro atoms. The van der Waals surface area contributed by atoms with E-state index in [1.54, 1.807) is 0 Å². The van der Waals surface area contributed by atoms with Crippen LogP contribution in [0.15, 0.2) is 53.3 Å². The molecule has 3 aliphatic rings. The summed E-state index contributed by atoms with van der Waals surface area (Å²) in [6.45, 7) is 4.54. The van der Waals surface area contributed by atoms with Crippen LogP contribution in [0.1, 0.15) is 61.1 Å². The minimum Gasteiger partial charge on any atom is -0.454 e. The lowest BCUT2D eigenvalue weighted by Crippen LogP contribution is -2.48. The second-order valence-corrected chi connectivity index (χ2v) is 10.8. The number of hydrogen-bond acceptors (Lipinski definition) is 8. The van der Waals surface area contributed by atoms with Crippen LogP contribution in [0, 0.1) is 0 Å². The van der Waals surface area contributed by atoms with Gasteiger partial charge in [-0.05, 0) is 41.0 Å². The number of piperazine rings is 1. The first-order chi connectivity index (χ1) is 19.2. The Labute approximate surface area is 226 Å². The average molecular weight is 528 g/mol. The summed E-state index contributed by atoms with van der Waals surface area (Å²) < 4.78 is 13.1. The van der Waals surface area contributed by atoms with Gasteiger partial charge in [0.05, 0.1) is 11.6 Å². The van der Waals surface area contributed by atoms with Gasteiger partial charge < -0.3 is 14.5 Å². The molecule has 1 N–H and O–H groups in total. The second-order valence-electron chi connectivity index (χ2n) is 10.8. The lowest BCUT2D eigenvalue weighted by Gasteiger charge is -2.39. The Morgan fingerprint density at radius 2 is 1.72 bits per heavy atom. The second kappa shape index (κ2) is 10.4. The Morgan fingerprint density at radius 1 is 0.949 bits per heavy atom. The SMILES string of the molecule is O=c1[nH]c2cc3c(cc2cc1[C@H](c1nnnn1C1CCCCC1)N1CCN(Cc2ccccc2)CC1)OCO3. The van der Waals surface area contributed by atoms with Gasteiger partial charge >= 0.3 is 0 Å². The summed E-state index contributed by atoms with van der Waals surface area (Å²) in [5.41, 5.74) is 2.57. The number of hydrogen-bond donors (Lipinski definition) is 1. The van der Waals surface area contributed by atoms with Gasteiger partial charge in [-0.3, -0.25) is 14.6 Å². The lowest BCUT2D eigenvalue weighted by molar-refractivity contribution is 0.0982. The number of aromatic amines is 1. The first-order valence-electron chi connectivity index (χ1n) is 14.0. The number of fused-ring (bicyclic) bond motifs is 2. The Morgan fingerprint density at radius 3 is 2.51 bits per heavy atom. The largest absolute Gasteiger partial charge is 0.454 e. The fourth-order valence-corrected chi connectivity index (χ4v) is 6.30. The minimum absolute atomic E-state index is 0.128. The fourth-order valence-electron chi connectivity index (χ4n) is 6.30. The maximum Gasteiger partial charge on any atom is 0.253 e. The van der Waals surface area contributed by atoms with Crippen molar-refractivity contribution in [2.24, 2.45) is 0 Å².